The van der Waals surface area contributed by atoms with Crippen molar-refractivity contribution in [2.45, 2.75) is 444 Å². The number of rotatable bonds is 70. The zero-order chi connectivity index (χ0) is 57.8. The van der Waals surface area contributed by atoms with E-state index in [0.29, 0.717) is 19.3 Å². The van der Waals surface area contributed by atoms with E-state index in [4.69, 9.17) is 14.2 Å². The average molecular weight is 1130 g/mol. The van der Waals surface area contributed by atoms with Crippen LogP contribution in [0.5, 0.6) is 0 Å². The highest BCUT2D eigenvalue weighted by Gasteiger charge is 2.20. The predicted octanol–water partition coefficient (Wildman–Crippen LogP) is 25.4. The van der Waals surface area contributed by atoms with Crippen LogP contribution < -0.4 is 0 Å². The molecule has 0 aliphatic carbocycles. The zero-order valence-corrected chi connectivity index (χ0v) is 54.9. The van der Waals surface area contributed by atoms with Gasteiger partial charge in [0, 0.05) is 19.3 Å². The summed E-state index contributed by atoms with van der Waals surface area (Å²) in [5.74, 6) is -0.830. The first-order chi connectivity index (χ1) is 39.5. The molecule has 0 spiro atoms. The molecule has 0 aromatic carbocycles. The molecule has 1 atom stereocenters. The Hall–Kier alpha value is -1.59. The van der Waals surface area contributed by atoms with E-state index in [1.807, 2.05) is 0 Å². The third kappa shape index (κ3) is 67.2. The van der Waals surface area contributed by atoms with Gasteiger partial charge in [-0.25, -0.2) is 0 Å². The minimum atomic E-state index is -0.762. The monoisotopic (exact) mass is 1130 g/mol. The van der Waals surface area contributed by atoms with Crippen LogP contribution in [0, 0.1) is 0 Å². The molecule has 0 bridgehead atoms. The van der Waals surface area contributed by atoms with Crippen LogP contribution in [0.4, 0.5) is 0 Å². The summed E-state index contributed by atoms with van der Waals surface area (Å²) in [7, 11) is 0. The summed E-state index contributed by atoms with van der Waals surface area (Å²) in [6, 6.07) is 0. The van der Waals surface area contributed by atoms with Gasteiger partial charge < -0.3 is 14.2 Å². The van der Waals surface area contributed by atoms with Crippen LogP contribution in [0.15, 0.2) is 0 Å². The van der Waals surface area contributed by atoms with Gasteiger partial charge in [0.15, 0.2) is 6.10 Å². The maximum atomic E-state index is 12.9. The molecule has 476 valence electrons. The molecule has 0 amide bonds. The Morgan fingerprint density at radius 1 is 0.200 bits per heavy atom. The lowest BCUT2D eigenvalue weighted by Crippen LogP contribution is -2.30. The molecule has 0 aliphatic heterocycles. The van der Waals surface area contributed by atoms with Crippen molar-refractivity contribution in [3.63, 3.8) is 0 Å². The second-order valence-corrected chi connectivity index (χ2v) is 25.6. The molecule has 0 radical (unpaired) electrons. The molecule has 1 unspecified atom stereocenters. The van der Waals surface area contributed by atoms with Crippen molar-refractivity contribution in [2.24, 2.45) is 0 Å². The van der Waals surface area contributed by atoms with Crippen molar-refractivity contribution in [3.05, 3.63) is 0 Å². The van der Waals surface area contributed by atoms with Gasteiger partial charge in [-0.1, -0.05) is 400 Å². The summed E-state index contributed by atoms with van der Waals surface area (Å²) in [6.07, 6.45) is 83.3. The minimum absolute atomic E-state index is 0.0610. The van der Waals surface area contributed by atoms with E-state index < -0.39 is 6.10 Å². The van der Waals surface area contributed by atoms with Gasteiger partial charge >= 0.3 is 17.9 Å². The maximum Gasteiger partial charge on any atom is 0.306 e. The number of unbranched alkanes of at least 4 members (excludes halogenated alkanes) is 59. The van der Waals surface area contributed by atoms with E-state index in [1.165, 1.54) is 340 Å². The lowest BCUT2D eigenvalue weighted by Gasteiger charge is -2.18. The summed E-state index contributed by atoms with van der Waals surface area (Å²) in [6.45, 7) is 6.71. The van der Waals surface area contributed by atoms with E-state index in [2.05, 4.69) is 20.8 Å². The van der Waals surface area contributed by atoms with E-state index in [-0.39, 0.29) is 31.1 Å². The van der Waals surface area contributed by atoms with Gasteiger partial charge in [-0.05, 0) is 19.3 Å². The Labute approximate surface area is 501 Å². The number of hydrogen-bond acceptors (Lipinski definition) is 6. The molecule has 0 rings (SSSR count). The summed E-state index contributed by atoms with van der Waals surface area (Å²) in [5.41, 5.74) is 0. The first kappa shape index (κ1) is 78.4. The number of ether oxygens (including phenoxy) is 3. The minimum Gasteiger partial charge on any atom is -0.462 e. The Bertz CT molecular complexity index is 1200. The van der Waals surface area contributed by atoms with Crippen LogP contribution in [-0.2, 0) is 28.6 Å². The van der Waals surface area contributed by atoms with Crippen molar-refractivity contribution < 1.29 is 28.6 Å². The molecule has 0 saturated heterocycles. The molecule has 6 heteroatoms. The van der Waals surface area contributed by atoms with E-state index >= 15 is 0 Å². The largest absolute Gasteiger partial charge is 0.462 e. The van der Waals surface area contributed by atoms with E-state index in [9.17, 15) is 14.4 Å². The summed E-state index contributed by atoms with van der Waals surface area (Å²) in [5, 5.41) is 0. The molecular weight excluding hydrogens is 985 g/mol. The fraction of sp³-hybridized carbons (Fsp3) is 0.959. The third-order valence-electron chi connectivity index (χ3n) is 17.4. The summed E-state index contributed by atoms with van der Waals surface area (Å²) >= 11 is 0. The molecule has 6 nitrogen and oxygen atoms in total. The van der Waals surface area contributed by atoms with Crippen LogP contribution >= 0.6 is 0 Å². The summed E-state index contributed by atoms with van der Waals surface area (Å²) < 4.78 is 16.9. The average Bonchev–Trinajstić information content (AvgIpc) is 3.46. The topological polar surface area (TPSA) is 78.9 Å². The second kappa shape index (κ2) is 69.9. The Morgan fingerprint density at radius 3 is 0.500 bits per heavy atom. The normalized spacial score (nSPS) is 11.9. The Morgan fingerprint density at radius 2 is 0.338 bits per heavy atom. The molecule has 0 N–H and O–H groups in total. The highest BCUT2D eigenvalue weighted by molar-refractivity contribution is 5.71. The van der Waals surface area contributed by atoms with Crippen molar-refractivity contribution in [1.29, 1.82) is 0 Å². The first-order valence-electron chi connectivity index (χ1n) is 37.0. The smallest absolute Gasteiger partial charge is 0.306 e. The second-order valence-electron chi connectivity index (χ2n) is 25.6. The van der Waals surface area contributed by atoms with Gasteiger partial charge in [-0.2, -0.15) is 0 Å². The van der Waals surface area contributed by atoms with Crippen LogP contribution in [0.3, 0.4) is 0 Å². The Balaban J connectivity index is 3.92. The fourth-order valence-corrected chi connectivity index (χ4v) is 11.8. The first-order valence-corrected chi connectivity index (χ1v) is 37.0. The molecular formula is C74H144O6. The molecule has 0 aliphatic rings. The molecule has 0 aromatic heterocycles. The van der Waals surface area contributed by atoms with E-state index in [1.54, 1.807) is 0 Å². The number of esters is 3. The Kier molecular flexibility index (Phi) is 68.5. The molecule has 0 saturated carbocycles. The zero-order valence-electron chi connectivity index (χ0n) is 54.9. The number of hydrogen-bond donors (Lipinski definition) is 0. The van der Waals surface area contributed by atoms with E-state index in [0.717, 1.165) is 57.8 Å². The highest BCUT2D eigenvalue weighted by Crippen LogP contribution is 2.20. The van der Waals surface area contributed by atoms with Gasteiger partial charge in [0.1, 0.15) is 13.2 Å². The van der Waals surface area contributed by atoms with Crippen LogP contribution in [0.25, 0.3) is 0 Å². The van der Waals surface area contributed by atoms with Crippen molar-refractivity contribution in [2.75, 3.05) is 13.2 Å². The van der Waals surface area contributed by atoms with Gasteiger partial charge in [0.05, 0.1) is 0 Å². The lowest BCUT2D eigenvalue weighted by molar-refractivity contribution is -0.167. The van der Waals surface area contributed by atoms with Crippen LogP contribution in [-0.4, -0.2) is 37.2 Å². The molecule has 0 fully saturated rings. The van der Waals surface area contributed by atoms with Gasteiger partial charge in [0.25, 0.3) is 0 Å². The van der Waals surface area contributed by atoms with Gasteiger partial charge in [-0.15, -0.1) is 0 Å². The number of carbonyl (C=O) groups is 3. The summed E-state index contributed by atoms with van der Waals surface area (Å²) in [4.78, 5) is 38.2. The van der Waals surface area contributed by atoms with Crippen molar-refractivity contribution in [1.82, 2.24) is 0 Å². The SMILES string of the molecule is CCCCCCCCCCCCCCCCCCCCCCCCCCCCCCCCCCCCCC(=O)OCC(COC(=O)CCCCCCCCCC)OC(=O)CCCCCCCCCCCCCCCCCCCCC. The van der Waals surface area contributed by atoms with Crippen molar-refractivity contribution >= 4 is 17.9 Å². The van der Waals surface area contributed by atoms with Gasteiger partial charge in [0.2, 0.25) is 0 Å². The number of carbonyl (C=O) groups excluding carboxylic acids is 3. The predicted molar refractivity (Wildman–Crippen MR) is 349 cm³/mol. The quantitative estimate of drug-likeness (QED) is 0.0343. The van der Waals surface area contributed by atoms with Gasteiger partial charge in [-0.3, -0.25) is 14.4 Å². The van der Waals surface area contributed by atoms with Crippen molar-refractivity contribution in [3.8, 4) is 0 Å². The molecule has 80 heavy (non-hydrogen) atoms. The fourth-order valence-electron chi connectivity index (χ4n) is 11.8. The highest BCUT2D eigenvalue weighted by atomic mass is 16.6. The molecule has 0 aromatic rings. The lowest BCUT2D eigenvalue weighted by atomic mass is 10.0. The maximum absolute atomic E-state index is 12.9. The third-order valence-corrected chi connectivity index (χ3v) is 17.4. The van der Waals surface area contributed by atoms with Crippen LogP contribution in [0.1, 0.15) is 438 Å². The molecule has 0 heterocycles. The standard InChI is InChI=1S/C74H144O6/c1-4-7-10-13-16-19-21-23-25-27-29-30-31-32-33-34-35-36-37-38-39-40-41-42-43-44-46-47-49-51-53-55-58-61-64-67-73(76)79-70-71(69-78-72(75)66-63-60-57-18-15-12-9-6-3)80-74(77)68-65-62-59-56-54-52-50-48-45-28-26-24-22-20-17-14-11-8-5-2/h71H,4-70H2,1-3H3. The van der Waals surface area contributed by atoms with Crippen LogP contribution in [0.2, 0.25) is 0 Å².